The van der Waals surface area contributed by atoms with E-state index >= 15 is 0 Å². The fourth-order valence-corrected chi connectivity index (χ4v) is 1.93. The Hall–Kier alpha value is -3.48. The highest BCUT2D eigenvalue weighted by Gasteiger charge is 2.13. The Labute approximate surface area is 131 Å². The summed E-state index contributed by atoms with van der Waals surface area (Å²) >= 11 is 0. The number of amides is 2. The summed E-state index contributed by atoms with van der Waals surface area (Å²) < 4.78 is 10.0. The Morgan fingerprint density at radius 2 is 1.48 bits per heavy atom. The van der Waals surface area contributed by atoms with Crippen molar-refractivity contribution in [3.63, 3.8) is 0 Å². The molecule has 2 aromatic heterocycles. The zero-order valence-electron chi connectivity index (χ0n) is 11.9. The molecule has 0 bridgehead atoms. The van der Waals surface area contributed by atoms with Crippen LogP contribution in [0.1, 0.15) is 21.1 Å². The molecule has 3 aromatic rings. The van der Waals surface area contributed by atoms with Crippen molar-refractivity contribution in [2.75, 3.05) is 16.4 Å². The van der Waals surface area contributed by atoms with Gasteiger partial charge in [-0.05, 0) is 42.5 Å². The van der Waals surface area contributed by atoms with Crippen LogP contribution in [0.3, 0.4) is 0 Å². The lowest BCUT2D eigenvalue weighted by Crippen LogP contribution is -2.14. The standard InChI is InChI=1S/C16H13N3O4/c17-11-6-5-10(18-15(20)13-3-1-7-22-13)9-12(11)19-16(21)14-4-2-8-23-14/h1-9H,17H2,(H,18,20)(H,19,21). The van der Waals surface area contributed by atoms with Gasteiger partial charge in [-0.3, -0.25) is 9.59 Å². The number of carbonyl (C=O) groups excluding carboxylic acids is 2. The maximum Gasteiger partial charge on any atom is 0.291 e. The van der Waals surface area contributed by atoms with Crippen molar-refractivity contribution in [1.29, 1.82) is 0 Å². The highest BCUT2D eigenvalue weighted by molar-refractivity contribution is 6.06. The lowest BCUT2D eigenvalue weighted by molar-refractivity contribution is 0.0990. The van der Waals surface area contributed by atoms with Gasteiger partial charge in [-0.1, -0.05) is 0 Å². The first-order chi connectivity index (χ1) is 11.1. The molecule has 7 nitrogen and oxygen atoms in total. The number of nitrogens with two attached hydrogens (primary N) is 1. The minimum Gasteiger partial charge on any atom is -0.459 e. The van der Waals surface area contributed by atoms with Crippen LogP contribution in [0, 0.1) is 0 Å². The van der Waals surface area contributed by atoms with E-state index in [0.717, 1.165) is 0 Å². The van der Waals surface area contributed by atoms with E-state index in [9.17, 15) is 9.59 Å². The van der Waals surface area contributed by atoms with Crippen molar-refractivity contribution in [2.45, 2.75) is 0 Å². The van der Waals surface area contributed by atoms with Gasteiger partial charge in [0.2, 0.25) is 0 Å². The molecule has 0 atom stereocenters. The molecule has 0 aliphatic rings. The maximum atomic E-state index is 12.0. The molecular weight excluding hydrogens is 298 g/mol. The van der Waals surface area contributed by atoms with Gasteiger partial charge in [-0.25, -0.2) is 0 Å². The lowest BCUT2D eigenvalue weighted by atomic mass is 10.2. The summed E-state index contributed by atoms with van der Waals surface area (Å²) in [6.07, 6.45) is 2.81. The average Bonchev–Trinajstić information content (AvgIpc) is 3.23. The van der Waals surface area contributed by atoms with Gasteiger partial charge in [0.15, 0.2) is 11.5 Å². The number of nitrogens with one attached hydrogen (secondary N) is 2. The molecule has 23 heavy (non-hydrogen) atoms. The highest BCUT2D eigenvalue weighted by Crippen LogP contribution is 2.24. The second kappa shape index (κ2) is 6.10. The van der Waals surface area contributed by atoms with Crippen molar-refractivity contribution in [2.24, 2.45) is 0 Å². The summed E-state index contributed by atoms with van der Waals surface area (Å²) in [7, 11) is 0. The molecule has 0 saturated heterocycles. The third kappa shape index (κ3) is 3.24. The van der Waals surface area contributed by atoms with Gasteiger partial charge >= 0.3 is 0 Å². The molecule has 0 radical (unpaired) electrons. The third-order valence-electron chi connectivity index (χ3n) is 3.05. The number of hydrogen-bond acceptors (Lipinski definition) is 5. The Morgan fingerprint density at radius 3 is 2.04 bits per heavy atom. The molecule has 1 aromatic carbocycles. The molecule has 0 unspecified atom stereocenters. The van der Waals surface area contributed by atoms with Crippen LogP contribution in [0.25, 0.3) is 0 Å². The normalized spacial score (nSPS) is 10.3. The smallest absolute Gasteiger partial charge is 0.291 e. The Morgan fingerprint density at radius 1 is 0.870 bits per heavy atom. The van der Waals surface area contributed by atoms with Gasteiger partial charge in [0.05, 0.1) is 23.9 Å². The Balaban J connectivity index is 1.76. The van der Waals surface area contributed by atoms with E-state index in [1.807, 2.05) is 0 Å². The number of rotatable bonds is 4. The van der Waals surface area contributed by atoms with Gasteiger partial charge in [0.25, 0.3) is 11.8 Å². The Bertz CT molecular complexity index is 823. The zero-order valence-corrected chi connectivity index (χ0v) is 11.9. The second-order valence-electron chi connectivity index (χ2n) is 4.66. The number of nitrogen functional groups attached to an aromatic ring is 1. The van der Waals surface area contributed by atoms with E-state index in [4.69, 9.17) is 14.6 Å². The zero-order chi connectivity index (χ0) is 16.2. The molecule has 0 saturated carbocycles. The van der Waals surface area contributed by atoms with Crippen LogP contribution < -0.4 is 16.4 Å². The molecule has 2 heterocycles. The molecule has 0 aliphatic carbocycles. The second-order valence-corrected chi connectivity index (χ2v) is 4.66. The average molecular weight is 311 g/mol. The van der Waals surface area contributed by atoms with Crippen LogP contribution in [0.15, 0.2) is 63.8 Å². The summed E-state index contributed by atoms with van der Waals surface area (Å²) in [4.78, 5) is 23.9. The number of benzene rings is 1. The molecular formula is C16H13N3O4. The monoisotopic (exact) mass is 311 g/mol. The van der Waals surface area contributed by atoms with Crippen molar-refractivity contribution in [3.05, 3.63) is 66.5 Å². The van der Waals surface area contributed by atoms with Crippen molar-refractivity contribution >= 4 is 28.9 Å². The minimum absolute atomic E-state index is 0.162. The lowest BCUT2D eigenvalue weighted by Gasteiger charge is -2.10. The van der Waals surface area contributed by atoms with E-state index in [0.29, 0.717) is 17.1 Å². The first-order valence-electron chi connectivity index (χ1n) is 6.73. The maximum absolute atomic E-state index is 12.0. The van der Waals surface area contributed by atoms with Crippen molar-refractivity contribution < 1.29 is 18.4 Å². The Kier molecular flexibility index (Phi) is 3.84. The predicted octanol–water partition coefficient (Wildman–Crippen LogP) is 2.96. The van der Waals surface area contributed by atoms with E-state index < -0.39 is 11.8 Å². The first-order valence-corrected chi connectivity index (χ1v) is 6.73. The van der Waals surface area contributed by atoms with Crippen LogP contribution in [0.2, 0.25) is 0 Å². The van der Waals surface area contributed by atoms with Crippen LogP contribution in [0.5, 0.6) is 0 Å². The van der Waals surface area contributed by atoms with Gasteiger partial charge < -0.3 is 25.2 Å². The van der Waals surface area contributed by atoms with Gasteiger partial charge in [-0.2, -0.15) is 0 Å². The van der Waals surface area contributed by atoms with Crippen LogP contribution in [-0.4, -0.2) is 11.8 Å². The SMILES string of the molecule is Nc1ccc(NC(=O)c2ccco2)cc1NC(=O)c1ccco1. The van der Waals surface area contributed by atoms with Gasteiger partial charge in [0, 0.05) is 5.69 Å². The number of furan rings is 2. The van der Waals surface area contributed by atoms with Crippen LogP contribution in [0.4, 0.5) is 17.1 Å². The largest absolute Gasteiger partial charge is 0.459 e. The van der Waals surface area contributed by atoms with E-state index in [-0.39, 0.29) is 11.5 Å². The summed E-state index contributed by atoms with van der Waals surface area (Å²) in [5.74, 6) is -0.489. The molecule has 116 valence electrons. The molecule has 2 amide bonds. The minimum atomic E-state index is -0.434. The highest BCUT2D eigenvalue weighted by atomic mass is 16.3. The van der Waals surface area contributed by atoms with Crippen molar-refractivity contribution in [1.82, 2.24) is 0 Å². The van der Waals surface area contributed by atoms with E-state index in [2.05, 4.69) is 10.6 Å². The topological polar surface area (TPSA) is 110 Å². The predicted molar refractivity (Wildman–Crippen MR) is 84.2 cm³/mol. The van der Waals surface area contributed by atoms with Gasteiger partial charge in [-0.15, -0.1) is 0 Å². The number of anilines is 3. The molecule has 7 heteroatoms. The molecule has 3 rings (SSSR count). The fraction of sp³-hybridized carbons (Fsp3) is 0. The third-order valence-corrected chi connectivity index (χ3v) is 3.05. The van der Waals surface area contributed by atoms with E-state index in [1.165, 1.54) is 18.6 Å². The fourth-order valence-electron chi connectivity index (χ4n) is 1.93. The van der Waals surface area contributed by atoms with E-state index in [1.54, 1.807) is 36.4 Å². The summed E-state index contributed by atoms with van der Waals surface area (Å²) in [5.41, 5.74) is 7.03. The quantitative estimate of drug-likeness (QED) is 0.641. The summed E-state index contributed by atoms with van der Waals surface area (Å²) in [6.45, 7) is 0. The number of hydrogen-bond donors (Lipinski definition) is 3. The first kappa shape index (κ1) is 14.5. The van der Waals surface area contributed by atoms with Gasteiger partial charge in [0.1, 0.15) is 0 Å². The number of carbonyl (C=O) groups is 2. The van der Waals surface area contributed by atoms with Crippen LogP contribution >= 0.6 is 0 Å². The molecule has 0 aliphatic heterocycles. The van der Waals surface area contributed by atoms with Crippen molar-refractivity contribution in [3.8, 4) is 0 Å². The molecule has 4 N–H and O–H groups in total. The summed E-state index contributed by atoms with van der Waals surface area (Å²) in [5, 5.41) is 5.29. The molecule has 0 spiro atoms. The summed E-state index contributed by atoms with van der Waals surface area (Å²) in [6, 6.07) is 11.1. The molecule has 0 fully saturated rings. The van der Waals surface area contributed by atoms with Crippen LogP contribution in [-0.2, 0) is 0 Å².